The van der Waals surface area contributed by atoms with Gasteiger partial charge in [-0.15, -0.1) is 0 Å². The van der Waals surface area contributed by atoms with Crippen LogP contribution in [0.3, 0.4) is 0 Å². The average Bonchev–Trinajstić information content (AvgIpc) is 2.19. The highest BCUT2D eigenvalue weighted by molar-refractivity contribution is 5.19. The lowest BCUT2D eigenvalue weighted by Gasteiger charge is -2.17. The maximum atomic E-state index is 13.2. The summed E-state index contributed by atoms with van der Waals surface area (Å²) in [5.41, 5.74) is 5.26. The van der Waals surface area contributed by atoms with Crippen LogP contribution < -0.4 is 5.73 Å². The van der Waals surface area contributed by atoms with Crippen molar-refractivity contribution in [3.05, 3.63) is 35.4 Å². The first-order valence-corrected chi connectivity index (χ1v) is 5.02. The van der Waals surface area contributed by atoms with Crippen molar-refractivity contribution in [1.29, 1.82) is 0 Å². The van der Waals surface area contributed by atoms with Crippen molar-refractivity contribution < 1.29 is 22.0 Å². The molecule has 1 aromatic carbocycles. The minimum atomic E-state index is -4.33. The zero-order chi connectivity index (χ0) is 13.1. The highest BCUT2D eigenvalue weighted by atomic mass is 19.4. The quantitative estimate of drug-likeness (QED) is 0.820. The van der Waals surface area contributed by atoms with E-state index >= 15 is 0 Å². The summed E-state index contributed by atoms with van der Waals surface area (Å²) >= 11 is 0. The van der Waals surface area contributed by atoms with Gasteiger partial charge >= 0.3 is 6.18 Å². The molecule has 1 aromatic rings. The van der Waals surface area contributed by atoms with Crippen LogP contribution in [0.15, 0.2) is 18.2 Å². The maximum absolute atomic E-state index is 13.2. The monoisotopic (exact) mass is 253 g/mol. The van der Waals surface area contributed by atoms with E-state index in [0.29, 0.717) is 6.07 Å². The largest absolute Gasteiger partial charge is 0.389 e. The molecule has 17 heavy (non-hydrogen) atoms. The van der Waals surface area contributed by atoms with Crippen LogP contribution in [-0.4, -0.2) is 12.7 Å². The minimum Gasteiger partial charge on any atom is -0.330 e. The normalized spacial score (nSPS) is 13.8. The Hall–Kier alpha value is -1.17. The molecule has 0 saturated heterocycles. The third kappa shape index (κ3) is 4.68. The molecule has 0 spiro atoms. The molecule has 0 aromatic heterocycles. The topological polar surface area (TPSA) is 26.0 Å². The predicted molar refractivity (Wildman–Crippen MR) is 53.3 cm³/mol. The third-order valence-electron chi connectivity index (χ3n) is 2.38. The molecule has 0 aliphatic heterocycles. The van der Waals surface area contributed by atoms with Crippen LogP contribution in [0.2, 0.25) is 0 Å². The molecule has 0 aliphatic carbocycles. The molecule has 0 saturated carbocycles. The van der Waals surface area contributed by atoms with Gasteiger partial charge in [-0.2, -0.15) is 13.2 Å². The zero-order valence-corrected chi connectivity index (χ0v) is 8.90. The number of halogens is 5. The van der Waals surface area contributed by atoms with Gasteiger partial charge in [0.2, 0.25) is 0 Å². The van der Waals surface area contributed by atoms with Crippen LogP contribution in [0.4, 0.5) is 22.0 Å². The SMILES string of the molecule is NCC(Cc1ccc(F)cc1F)CC(F)(F)F. The first kappa shape index (κ1) is 13.9. The Balaban J connectivity index is 2.74. The van der Waals surface area contributed by atoms with Crippen molar-refractivity contribution in [3.8, 4) is 0 Å². The van der Waals surface area contributed by atoms with E-state index in [0.717, 1.165) is 12.1 Å². The first-order chi connectivity index (χ1) is 7.81. The lowest BCUT2D eigenvalue weighted by atomic mass is 9.95. The second kappa shape index (κ2) is 5.44. The van der Waals surface area contributed by atoms with Gasteiger partial charge in [0.25, 0.3) is 0 Å². The molecule has 2 N–H and O–H groups in total. The van der Waals surface area contributed by atoms with Gasteiger partial charge < -0.3 is 5.73 Å². The van der Waals surface area contributed by atoms with Gasteiger partial charge in [-0.1, -0.05) is 6.07 Å². The molecule has 0 bridgehead atoms. The van der Waals surface area contributed by atoms with Gasteiger partial charge in [0, 0.05) is 12.5 Å². The van der Waals surface area contributed by atoms with E-state index in [4.69, 9.17) is 5.73 Å². The van der Waals surface area contributed by atoms with Crippen LogP contribution in [0, 0.1) is 17.6 Å². The van der Waals surface area contributed by atoms with Crippen LogP contribution in [0.25, 0.3) is 0 Å². The van der Waals surface area contributed by atoms with Gasteiger partial charge in [-0.05, 0) is 30.5 Å². The van der Waals surface area contributed by atoms with Crippen LogP contribution in [0.5, 0.6) is 0 Å². The molecule has 0 aliphatic rings. The number of benzene rings is 1. The van der Waals surface area contributed by atoms with E-state index in [2.05, 4.69) is 0 Å². The summed E-state index contributed by atoms with van der Waals surface area (Å²) in [5.74, 6) is -2.49. The molecular weight excluding hydrogens is 241 g/mol. The standard InChI is InChI=1S/C11H12F5N/c12-9-2-1-8(10(13)4-9)3-7(6-17)5-11(14,15)16/h1-2,4,7H,3,5-6,17H2. The average molecular weight is 253 g/mol. The molecule has 6 heteroatoms. The Labute approximate surface area is 95.4 Å². The Kier molecular flexibility index (Phi) is 4.45. The Bertz CT molecular complexity index is 375. The molecular formula is C11H12F5N. The fraction of sp³-hybridized carbons (Fsp3) is 0.455. The third-order valence-corrected chi connectivity index (χ3v) is 2.38. The van der Waals surface area contributed by atoms with Crippen LogP contribution >= 0.6 is 0 Å². The summed E-state index contributed by atoms with van der Waals surface area (Å²) in [5, 5.41) is 0. The second-order valence-electron chi connectivity index (χ2n) is 3.86. The van der Waals surface area contributed by atoms with Crippen molar-refractivity contribution in [2.45, 2.75) is 19.0 Å². The van der Waals surface area contributed by atoms with Crippen molar-refractivity contribution >= 4 is 0 Å². The molecule has 0 amide bonds. The van der Waals surface area contributed by atoms with Gasteiger partial charge in [-0.25, -0.2) is 8.78 Å². The highest BCUT2D eigenvalue weighted by Gasteiger charge is 2.31. The summed E-state index contributed by atoms with van der Waals surface area (Å²) < 4.78 is 62.3. The highest BCUT2D eigenvalue weighted by Crippen LogP contribution is 2.27. The molecule has 1 unspecified atom stereocenters. The molecule has 0 heterocycles. The maximum Gasteiger partial charge on any atom is 0.389 e. The van der Waals surface area contributed by atoms with Gasteiger partial charge in [-0.3, -0.25) is 0 Å². The Morgan fingerprint density at radius 2 is 1.82 bits per heavy atom. The fourth-order valence-electron chi connectivity index (χ4n) is 1.56. The number of hydrogen-bond donors (Lipinski definition) is 1. The van der Waals surface area contributed by atoms with E-state index in [9.17, 15) is 22.0 Å². The first-order valence-electron chi connectivity index (χ1n) is 5.02. The number of nitrogens with two attached hydrogens (primary N) is 1. The van der Waals surface area contributed by atoms with Gasteiger partial charge in [0.15, 0.2) is 0 Å². The van der Waals surface area contributed by atoms with Crippen molar-refractivity contribution in [3.63, 3.8) is 0 Å². The Morgan fingerprint density at radius 1 is 1.18 bits per heavy atom. The molecule has 96 valence electrons. The summed E-state index contributed by atoms with van der Waals surface area (Å²) in [6.07, 6.45) is -5.55. The molecule has 0 fully saturated rings. The summed E-state index contributed by atoms with van der Waals surface area (Å²) in [6.45, 7) is -0.198. The van der Waals surface area contributed by atoms with Gasteiger partial charge in [0.1, 0.15) is 11.6 Å². The molecule has 0 radical (unpaired) electrons. The predicted octanol–water partition coefficient (Wildman–Crippen LogP) is 3.03. The second-order valence-corrected chi connectivity index (χ2v) is 3.86. The van der Waals surface area contributed by atoms with E-state index in [1.807, 2.05) is 0 Å². The molecule has 1 atom stereocenters. The van der Waals surface area contributed by atoms with E-state index < -0.39 is 30.1 Å². The lowest BCUT2D eigenvalue weighted by Crippen LogP contribution is -2.24. The van der Waals surface area contributed by atoms with Crippen LogP contribution in [0.1, 0.15) is 12.0 Å². The number of hydrogen-bond acceptors (Lipinski definition) is 1. The summed E-state index contributed by atoms with van der Waals surface area (Å²) in [7, 11) is 0. The van der Waals surface area contributed by atoms with Gasteiger partial charge in [0.05, 0.1) is 0 Å². The van der Waals surface area contributed by atoms with Crippen molar-refractivity contribution in [2.24, 2.45) is 11.7 Å². The Morgan fingerprint density at radius 3 is 2.29 bits per heavy atom. The minimum absolute atomic E-state index is 0.0473. The molecule has 1 nitrogen and oxygen atoms in total. The smallest absolute Gasteiger partial charge is 0.330 e. The van der Waals surface area contributed by atoms with Crippen molar-refractivity contribution in [2.75, 3.05) is 6.54 Å². The van der Waals surface area contributed by atoms with E-state index in [1.54, 1.807) is 0 Å². The van der Waals surface area contributed by atoms with E-state index in [1.165, 1.54) is 0 Å². The van der Waals surface area contributed by atoms with Crippen LogP contribution in [-0.2, 0) is 6.42 Å². The summed E-state index contributed by atoms with van der Waals surface area (Å²) in [6, 6.07) is 2.81. The molecule has 1 rings (SSSR count). The van der Waals surface area contributed by atoms with E-state index in [-0.39, 0.29) is 18.5 Å². The zero-order valence-electron chi connectivity index (χ0n) is 8.90. The fourth-order valence-corrected chi connectivity index (χ4v) is 1.56. The lowest BCUT2D eigenvalue weighted by molar-refractivity contribution is -0.143. The number of alkyl halides is 3. The van der Waals surface area contributed by atoms with Crippen molar-refractivity contribution in [1.82, 2.24) is 0 Å². The summed E-state index contributed by atoms with van der Waals surface area (Å²) in [4.78, 5) is 0. The number of rotatable bonds is 4.